The van der Waals surface area contributed by atoms with E-state index >= 15 is 14.4 Å². The molecule has 5 fully saturated rings. The first-order valence-corrected chi connectivity index (χ1v) is 35.4. The Balaban J connectivity index is 1.43. The van der Waals surface area contributed by atoms with Crippen LogP contribution in [0.2, 0.25) is 5.02 Å². The van der Waals surface area contributed by atoms with E-state index in [1.54, 1.807) is 32.6 Å². The molecule has 9 atom stereocenters. The maximum Gasteiger partial charge on any atom is 0.417 e. The number of likely N-dealkylation sites (tertiary alicyclic amines) is 1. The number of likely N-dealkylation sites (N-methyl/N-ethyl adjacent to an activating group) is 6. The minimum absolute atomic E-state index is 0.00492. The van der Waals surface area contributed by atoms with Crippen molar-refractivity contribution >= 4 is 82.5 Å². The van der Waals surface area contributed by atoms with Gasteiger partial charge in [-0.05, 0) is 145 Å². The van der Waals surface area contributed by atoms with Gasteiger partial charge in [0.05, 0.1) is 23.6 Å². The molecule has 1 saturated carbocycles. The highest BCUT2D eigenvalue weighted by atomic mass is 35.5. The molecule has 1 aliphatic carbocycles. The van der Waals surface area contributed by atoms with Crippen LogP contribution in [0.4, 0.5) is 13.2 Å². The molecule has 5 aliphatic rings. The predicted molar refractivity (Wildman–Crippen MR) is 366 cm³/mol. The highest BCUT2D eigenvalue weighted by molar-refractivity contribution is 6.31. The molecule has 0 unspecified atom stereocenters. The summed E-state index contributed by atoms with van der Waals surface area (Å²) in [6, 6.07) is -7.10. The summed E-state index contributed by atoms with van der Waals surface area (Å²) in [6.45, 7) is 17.4. The summed E-state index contributed by atoms with van der Waals surface area (Å²) in [5.74, 6) is -8.63. The molecule has 4 heterocycles. The Labute approximate surface area is 586 Å². The molecule has 99 heavy (non-hydrogen) atoms. The van der Waals surface area contributed by atoms with Crippen molar-refractivity contribution in [1.29, 1.82) is 0 Å². The number of benzene rings is 1. The number of nitrogens with zero attached hydrogens (tertiary/aromatic N) is 9. The number of hydrogen-bond acceptors (Lipinski definition) is 12. The Morgan fingerprint density at radius 1 is 0.707 bits per heavy atom. The highest BCUT2D eigenvalue weighted by Gasteiger charge is 2.48. The smallest absolute Gasteiger partial charge is 0.343 e. The molecule has 0 spiro atoms. The summed E-state index contributed by atoms with van der Waals surface area (Å²) < 4.78 is 41.5. The zero-order valence-corrected chi connectivity index (χ0v) is 61.2. The zero-order chi connectivity index (χ0) is 73.9. The summed E-state index contributed by atoms with van der Waals surface area (Å²) in [5.41, 5.74) is -2.16. The third-order valence-corrected chi connectivity index (χ3v) is 21.1. The van der Waals surface area contributed by atoms with Gasteiger partial charge in [-0.2, -0.15) is 13.2 Å². The van der Waals surface area contributed by atoms with Crippen LogP contribution in [0.25, 0.3) is 0 Å². The third kappa shape index (κ3) is 19.3. The number of amides is 12. The molecule has 0 bridgehead atoms. The number of alkyl halides is 3. The number of halogens is 4. The van der Waals surface area contributed by atoms with Crippen LogP contribution in [0, 0.1) is 11.8 Å². The highest BCUT2D eigenvalue weighted by Crippen LogP contribution is 2.36. The van der Waals surface area contributed by atoms with Gasteiger partial charge in [-0.1, -0.05) is 84.0 Å². The van der Waals surface area contributed by atoms with Gasteiger partial charge in [0.25, 0.3) is 11.8 Å². The van der Waals surface area contributed by atoms with Gasteiger partial charge in [0.2, 0.25) is 59.1 Å². The summed E-state index contributed by atoms with van der Waals surface area (Å²) in [5, 5.41) is 7.83. The van der Waals surface area contributed by atoms with Crippen LogP contribution in [-0.2, 0) is 70.1 Å². The number of fused-ring (bicyclic) bond motifs is 2. The van der Waals surface area contributed by atoms with Gasteiger partial charge in [-0.25, -0.2) is 0 Å². The van der Waals surface area contributed by atoms with E-state index < -0.39 is 154 Å². The van der Waals surface area contributed by atoms with Gasteiger partial charge >= 0.3 is 6.18 Å². The van der Waals surface area contributed by atoms with E-state index in [-0.39, 0.29) is 93.1 Å². The van der Waals surface area contributed by atoms with Crippen LogP contribution in [0.5, 0.6) is 0 Å². The number of carbonyl (C=O) groups is 12. The van der Waals surface area contributed by atoms with Crippen LogP contribution in [0.3, 0.4) is 0 Å². The van der Waals surface area contributed by atoms with Gasteiger partial charge in [-0.3, -0.25) is 57.5 Å². The Morgan fingerprint density at radius 3 is 1.90 bits per heavy atom. The first kappa shape index (κ1) is 80.4. The molecule has 3 N–H and O–H groups in total. The largest absolute Gasteiger partial charge is 0.417 e. The molecule has 4 aliphatic heterocycles. The lowest BCUT2D eigenvalue weighted by Gasteiger charge is -2.45. The van der Waals surface area contributed by atoms with Crippen molar-refractivity contribution in [3.63, 3.8) is 0 Å². The van der Waals surface area contributed by atoms with Crippen molar-refractivity contribution < 1.29 is 70.7 Å². The lowest BCUT2D eigenvalue weighted by Crippen LogP contribution is -2.64. The van der Waals surface area contributed by atoms with Crippen LogP contribution in [-0.4, -0.2) is 244 Å². The summed E-state index contributed by atoms with van der Waals surface area (Å²) in [7, 11) is 8.31. The normalized spacial score (nSPS) is 27.1. The number of allylic oxidation sites excluding steroid dienone is 1. The van der Waals surface area contributed by atoms with E-state index in [1.165, 1.54) is 81.8 Å². The predicted octanol–water partition coefficient (Wildman–Crippen LogP) is 6.08. The molecule has 4 saturated heterocycles. The first-order chi connectivity index (χ1) is 46.4. The maximum absolute atomic E-state index is 15.2. The van der Waals surface area contributed by atoms with Crippen molar-refractivity contribution in [1.82, 2.24) is 60.0 Å². The number of hydrogen-bond donors (Lipinski definition) is 3. The molecule has 0 aromatic heterocycles. The standard InChI is InChI=1S/C71H106ClF3N12O12/c1-16-44(7)58-67(97)80(11)45(8)62(92)87-36-32-52(87)65(95)82(13)54(39-46-25-20-18-21-26-46)64(94)79(10)41-56(88)76-50(31-29-47-28-30-48(49(72)38-47)71(73,74)75)63(93)86-35-24-27-51(86)61(91)78-70(9,17-2)69(99)84(15)59(43(5)6)68(98)83(14)55(66(96)85-33-22-19-23-34-85)40-57(89)81(12)53(37-42(3)4)60(90)77-58/h28,30,38,42,45-46,50-55,58H,7,16-27,29,31-37,39-41H2,1-6,8-15H3,(H,76,88)(H,77,90)(H,78,91)/t45-,50-,51-,52-,53-,54-,55-,58-,70-/m0/s1. The minimum Gasteiger partial charge on any atom is -0.343 e. The fraction of sp³-hybridized carbons (Fsp3) is 0.690. The molecule has 12 amide bonds. The Kier molecular flexibility index (Phi) is 28.2. The van der Waals surface area contributed by atoms with Crippen molar-refractivity contribution in [2.45, 2.75) is 231 Å². The number of aryl methyl sites for hydroxylation is 1. The summed E-state index contributed by atoms with van der Waals surface area (Å²) in [4.78, 5) is 190. The van der Waals surface area contributed by atoms with Gasteiger partial charge in [0.15, 0.2) is 0 Å². The maximum atomic E-state index is 15.2. The van der Waals surface area contributed by atoms with Crippen LogP contribution in [0.1, 0.15) is 176 Å². The van der Waals surface area contributed by atoms with Crippen molar-refractivity contribution in [3.05, 3.63) is 57.8 Å². The van der Waals surface area contributed by atoms with Crippen LogP contribution >= 0.6 is 11.6 Å². The zero-order valence-electron chi connectivity index (χ0n) is 60.4. The summed E-state index contributed by atoms with van der Waals surface area (Å²) in [6.07, 6.45) is 1.84. The number of rotatable bonds is 11. The SMILES string of the molecule is C=C(CC)[C@@H]1NC(=O)[C@H](CC(C)C)N(C)C(=O)C[C@@H](C(=O)N2CCCCC2)N(C)C(=O)C(=C(C)C)N(C)C(=O)[C@](C)(CC)NC(=O)[C@@H]2CCCN2C(=O)[C@H](CCc2ccc(C(F)(F)F)c(Cl)c2)NC(=O)CN(C)C(=O)[C@H](CC2CCCCC2)N(C)C(=O)[C@@H]2CCN2C(=O)[C@H](C)N(C)C1=O. The molecule has 6 rings (SSSR count). The molecule has 28 heteroatoms. The second-order valence-electron chi connectivity index (χ2n) is 28.5. The minimum atomic E-state index is -4.77. The van der Waals surface area contributed by atoms with Crippen LogP contribution in [0.15, 0.2) is 41.6 Å². The van der Waals surface area contributed by atoms with Gasteiger partial charge < -0.3 is 60.0 Å². The summed E-state index contributed by atoms with van der Waals surface area (Å²) >= 11 is 6.14. The van der Waals surface area contributed by atoms with Crippen molar-refractivity contribution in [3.8, 4) is 0 Å². The molecule has 550 valence electrons. The molecule has 0 radical (unpaired) electrons. The van der Waals surface area contributed by atoms with Gasteiger partial charge in [0.1, 0.15) is 59.6 Å². The molecular formula is C71H106ClF3N12O12. The molecule has 1 aromatic rings. The fourth-order valence-corrected chi connectivity index (χ4v) is 14.4. The van der Waals surface area contributed by atoms with E-state index in [0.29, 0.717) is 37.9 Å². The fourth-order valence-electron chi connectivity index (χ4n) is 14.1. The third-order valence-electron chi connectivity index (χ3n) is 20.8. The average molecular weight is 1410 g/mol. The average Bonchev–Trinajstić information content (AvgIpc) is 1.53. The number of piperidine rings is 1. The Bertz CT molecular complexity index is 3240. The van der Waals surface area contributed by atoms with Gasteiger partial charge in [0, 0.05) is 68.5 Å². The van der Waals surface area contributed by atoms with Crippen molar-refractivity contribution in [2.75, 3.05) is 75.0 Å². The monoisotopic (exact) mass is 1410 g/mol. The molecule has 24 nitrogen and oxygen atoms in total. The Morgan fingerprint density at radius 2 is 1.33 bits per heavy atom. The van der Waals surface area contributed by atoms with E-state index in [2.05, 4.69) is 22.5 Å². The van der Waals surface area contributed by atoms with E-state index in [0.717, 1.165) is 70.3 Å². The molecule has 1 aromatic carbocycles. The quantitative estimate of drug-likeness (QED) is 0.168. The van der Waals surface area contributed by atoms with E-state index in [1.807, 2.05) is 13.8 Å². The molecular weight excluding hydrogens is 1310 g/mol. The van der Waals surface area contributed by atoms with Gasteiger partial charge in [-0.15, -0.1) is 0 Å². The number of nitrogens with one attached hydrogen (secondary N) is 3. The lowest BCUT2D eigenvalue weighted by atomic mass is 9.84. The van der Waals surface area contributed by atoms with E-state index in [4.69, 9.17) is 11.6 Å². The van der Waals surface area contributed by atoms with Crippen LogP contribution < -0.4 is 16.0 Å². The van der Waals surface area contributed by atoms with Crippen molar-refractivity contribution in [2.24, 2.45) is 11.8 Å². The topological polar surface area (TPSA) is 270 Å². The first-order valence-electron chi connectivity index (χ1n) is 35.0. The number of carbonyl (C=O) groups excluding carboxylic acids is 12. The Hall–Kier alpha value is -7.58. The second kappa shape index (κ2) is 34.7. The lowest BCUT2D eigenvalue weighted by molar-refractivity contribution is -0.160. The second-order valence-corrected chi connectivity index (χ2v) is 28.9. The van der Waals surface area contributed by atoms with E-state index in [9.17, 15) is 56.3 Å².